The number of phenolic OH excluding ortho intramolecular Hbond substituents is 1. The van der Waals surface area contributed by atoms with E-state index in [1.54, 1.807) is 36.0 Å². The maximum absolute atomic E-state index is 13.1. The van der Waals surface area contributed by atoms with Crippen molar-refractivity contribution in [1.29, 1.82) is 0 Å². The number of thioether (sulfide) groups is 1. The van der Waals surface area contributed by atoms with E-state index in [2.05, 4.69) is 29.1 Å². The minimum absolute atomic E-state index is 0.0669. The van der Waals surface area contributed by atoms with Gasteiger partial charge in [0.25, 0.3) is 5.56 Å². The third kappa shape index (κ3) is 3.96. The lowest BCUT2D eigenvalue weighted by atomic mass is 9.76. The van der Waals surface area contributed by atoms with E-state index in [1.807, 2.05) is 0 Å². The van der Waals surface area contributed by atoms with Crippen molar-refractivity contribution >= 4 is 23.4 Å². The summed E-state index contributed by atoms with van der Waals surface area (Å²) in [6.45, 7) is 4.34. The van der Waals surface area contributed by atoms with Gasteiger partial charge >= 0.3 is 0 Å². The highest BCUT2D eigenvalue weighted by atomic mass is 32.2. The summed E-state index contributed by atoms with van der Waals surface area (Å²) in [6.07, 6.45) is 3.08. The summed E-state index contributed by atoms with van der Waals surface area (Å²) in [4.78, 5) is 33.5. The molecule has 0 radical (unpaired) electrons. The minimum Gasteiger partial charge on any atom is -0.508 e. The molecular weight excluding hydrogens is 386 g/mol. The van der Waals surface area contributed by atoms with Crippen LogP contribution in [0.5, 0.6) is 5.75 Å². The number of anilines is 1. The summed E-state index contributed by atoms with van der Waals surface area (Å²) in [5, 5.41) is 13.6. The van der Waals surface area contributed by atoms with Crippen molar-refractivity contribution in [3.63, 3.8) is 0 Å². The number of aromatic hydroxyl groups is 1. The van der Waals surface area contributed by atoms with Crippen LogP contribution in [-0.4, -0.2) is 26.6 Å². The molecule has 0 spiro atoms. The van der Waals surface area contributed by atoms with Crippen LogP contribution in [-0.2, 0) is 4.79 Å². The maximum atomic E-state index is 13.1. The third-order valence-electron chi connectivity index (χ3n) is 5.40. The molecule has 4 rings (SSSR count). The predicted octanol–water partition coefficient (Wildman–Crippen LogP) is 4.18. The molecule has 7 heteroatoms. The number of fused-ring (bicyclic) bond motifs is 1. The molecule has 2 aromatic rings. The second-order valence-electron chi connectivity index (χ2n) is 7.98. The van der Waals surface area contributed by atoms with Crippen molar-refractivity contribution in [2.45, 2.75) is 50.6 Å². The molecule has 0 bridgehead atoms. The van der Waals surface area contributed by atoms with Gasteiger partial charge in [0.1, 0.15) is 11.6 Å². The maximum Gasteiger partial charge on any atom is 0.257 e. The fraction of sp³-hybridized carbons (Fsp3) is 0.409. The molecule has 1 aliphatic carbocycles. The molecular formula is C22H25N3O3S. The predicted molar refractivity (Wildman–Crippen MR) is 114 cm³/mol. The molecule has 1 aromatic heterocycles. The van der Waals surface area contributed by atoms with E-state index in [9.17, 15) is 14.7 Å². The Morgan fingerprint density at radius 2 is 1.97 bits per heavy atom. The van der Waals surface area contributed by atoms with Crippen LogP contribution in [0.15, 0.2) is 45.5 Å². The lowest BCUT2D eigenvalue weighted by molar-refractivity contribution is -0.116. The molecule has 0 saturated carbocycles. The summed E-state index contributed by atoms with van der Waals surface area (Å²) in [5.74, 6) is 1.75. The second-order valence-corrected chi connectivity index (χ2v) is 9.07. The highest BCUT2D eigenvalue weighted by molar-refractivity contribution is 7.99. The van der Waals surface area contributed by atoms with Gasteiger partial charge in [0, 0.05) is 29.4 Å². The summed E-state index contributed by atoms with van der Waals surface area (Å²) in [6, 6.07) is 6.71. The zero-order valence-corrected chi connectivity index (χ0v) is 17.4. The molecule has 29 heavy (non-hydrogen) atoms. The monoisotopic (exact) mass is 411 g/mol. The standard InChI is InChI=1S/C22H25N3O3S/c1-12(2)10-11-29-22-24-20-19(21(28)25-22)17(13-6-8-14(26)9-7-13)18-15(23-20)4-3-5-16(18)27/h6-9,12,17,26H,3-5,10-11H2,1-2H3,(H2,23,24,25,28). The van der Waals surface area contributed by atoms with E-state index in [-0.39, 0.29) is 17.1 Å². The van der Waals surface area contributed by atoms with Gasteiger partial charge in [-0.2, -0.15) is 0 Å². The van der Waals surface area contributed by atoms with Crippen LogP contribution in [0.3, 0.4) is 0 Å². The van der Waals surface area contributed by atoms with E-state index in [0.717, 1.165) is 36.3 Å². The van der Waals surface area contributed by atoms with Gasteiger partial charge in [-0.1, -0.05) is 37.7 Å². The van der Waals surface area contributed by atoms with Crippen molar-refractivity contribution in [2.24, 2.45) is 5.92 Å². The van der Waals surface area contributed by atoms with Gasteiger partial charge in [0.05, 0.1) is 5.56 Å². The summed E-state index contributed by atoms with van der Waals surface area (Å²) >= 11 is 1.54. The zero-order valence-electron chi connectivity index (χ0n) is 16.6. The average Bonchev–Trinajstić information content (AvgIpc) is 2.67. The molecule has 3 N–H and O–H groups in total. The fourth-order valence-corrected chi connectivity index (χ4v) is 5.00. The Morgan fingerprint density at radius 1 is 1.21 bits per heavy atom. The Labute approximate surface area is 173 Å². The van der Waals surface area contributed by atoms with E-state index in [0.29, 0.717) is 34.4 Å². The summed E-state index contributed by atoms with van der Waals surface area (Å²) < 4.78 is 0. The number of carbonyl (C=O) groups is 1. The molecule has 1 unspecified atom stereocenters. The number of Topliss-reactive ketones (excluding diaryl/α,β-unsaturated/α-hetero) is 1. The molecule has 0 amide bonds. The molecule has 1 aliphatic heterocycles. The first-order valence-corrected chi connectivity index (χ1v) is 11.0. The van der Waals surface area contributed by atoms with Gasteiger partial charge in [-0.25, -0.2) is 4.98 Å². The van der Waals surface area contributed by atoms with Gasteiger partial charge in [0.2, 0.25) is 0 Å². The minimum atomic E-state index is -0.472. The second kappa shape index (κ2) is 8.06. The third-order valence-corrected chi connectivity index (χ3v) is 6.30. The molecule has 152 valence electrons. The van der Waals surface area contributed by atoms with Gasteiger partial charge in [-0.05, 0) is 42.9 Å². The van der Waals surface area contributed by atoms with Crippen LogP contribution in [0.2, 0.25) is 0 Å². The number of hydrogen-bond acceptors (Lipinski definition) is 6. The Hall–Kier alpha value is -2.54. The number of phenols is 1. The molecule has 2 heterocycles. The van der Waals surface area contributed by atoms with Crippen LogP contribution < -0.4 is 10.9 Å². The molecule has 2 aliphatic rings. The number of allylic oxidation sites excluding steroid dienone is 2. The Morgan fingerprint density at radius 3 is 2.69 bits per heavy atom. The Balaban J connectivity index is 1.79. The van der Waals surface area contributed by atoms with Crippen molar-refractivity contribution < 1.29 is 9.90 Å². The number of nitrogens with zero attached hydrogens (tertiary/aromatic N) is 1. The topological polar surface area (TPSA) is 95.1 Å². The molecule has 0 fully saturated rings. The molecule has 6 nitrogen and oxygen atoms in total. The number of nitrogens with one attached hydrogen (secondary N) is 2. The van der Waals surface area contributed by atoms with Crippen molar-refractivity contribution in [1.82, 2.24) is 9.97 Å². The summed E-state index contributed by atoms with van der Waals surface area (Å²) in [5.41, 5.74) is 2.57. The first-order chi connectivity index (χ1) is 13.9. The van der Waals surface area contributed by atoms with Crippen LogP contribution >= 0.6 is 11.8 Å². The first kappa shape index (κ1) is 19.8. The zero-order chi connectivity index (χ0) is 20.5. The normalized spacial score (nSPS) is 18.4. The number of benzene rings is 1. The lowest BCUT2D eigenvalue weighted by Gasteiger charge is -2.32. The largest absolute Gasteiger partial charge is 0.508 e. The van der Waals surface area contributed by atoms with Crippen LogP contribution in [0.4, 0.5) is 5.82 Å². The molecule has 1 atom stereocenters. The van der Waals surface area contributed by atoms with Gasteiger partial charge < -0.3 is 15.4 Å². The van der Waals surface area contributed by atoms with Crippen LogP contribution in [0.25, 0.3) is 0 Å². The number of hydrogen-bond donors (Lipinski definition) is 3. The van der Waals surface area contributed by atoms with Crippen molar-refractivity contribution in [3.05, 3.63) is 57.0 Å². The molecule has 0 saturated heterocycles. The van der Waals surface area contributed by atoms with Crippen LogP contribution in [0.1, 0.15) is 56.6 Å². The summed E-state index contributed by atoms with van der Waals surface area (Å²) in [7, 11) is 0. The van der Waals surface area contributed by atoms with Crippen molar-refractivity contribution in [2.75, 3.05) is 11.1 Å². The average molecular weight is 412 g/mol. The lowest BCUT2D eigenvalue weighted by Crippen LogP contribution is -2.32. The SMILES string of the molecule is CC(C)CCSc1nc2c(c(=O)[nH]1)C(c1ccc(O)cc1)C1=C(CCCC1=O)N2. The highest BCUT2D eigenvalue weighted by Gasteiger charge is 2.37. The number of carbonyl (C=O) groups excluding carboxylic acids is 1. The quantitative estimate of drug-likeness (QED) is 0.505. The Bertz CT molecular complexity index is 1020. The van der Waals surface area contributed by atoms with Gasteiger partial charge in [0.15, 0.2) is 10.9 Å². The smallest absolute Gasteiger partial charge is 0.257 e. The van der Waals surface area contributed by atoms with Crippen LogP contribution in [0, 0.1) is 5.92 Å². The number of aromatic nitrogens is 2. The number of H-pyrrole nitrogens is 1. The van der Waals surface area contributed by atoms with Gasteiger partial charge in [-0.3, -0.25) is 9.59 Å². The van der Waals surface area contributed by atoms with E-state index in [4.69, 9.17) is 0 Å². The number of rotatable bonds is 5. The van der Waals surface area contributed by atoms with E-state index in [1.165, 1.54) is 0 Å². The number of ketones is 1. The number of aromatic amines is 1. The fourth-order valence-electron chi connectivity index (χ4n) is 3.90. The van der Waals surface area contributed by atoms with E-state index >= 15 is 0 Å². The Kier molecular flexibility index (Phi) is 5.50. The van der Waals surface area contributed by atoms with Gasteiger partial charge in [-0.15, -0.1) is 0 Å². The molecule has 1 aromatic carbocycles. The van der Waals surface area contributed by atoms with Crippen molar-refractivity contribution in [3.8, 4) is 5.75 Å². The highest BCUT2D eigenvalue weighted by Crippen LogP contribution is 2.43. The first-order valence-electron chi connectivity index (χ1n) is 10.0. The van der Waals surface area contributed by atoms with E-state index < -0.39 is 5.92 Å².